The fourth-order valence-electron chi connectivity index (χ4n) is 2.06. The first-order chi connectivity index (χ1) is 10.2. The van der Waals surface area contributed by atoms with E-state index in [0.717, 1.165) is 28.3 Å². The van der Waals surface area contributed by atoms with Crippen LogP contribution in [0.4, 0.5) is 22.7 Å². The normalized spacial score (nSPS) is 11.8. The average Bonchev–Trinajstić information content (AvgIpc) is 2.96. The monoisotopic (exact) mass is 346 g/mol. The van der Waals surface area contributed by atoms with Gasteiger partial charge in [0.05, 0.1) is 0 Å². The van der Waals surface area contributed by atoms with Gasteiger partial charge < -0.3 is 0 Å². The number of hydrogen-bond donors (Lipinski definition) is 2. The van der Waals surface area contributed by atoms with Gasteiger partial charge in [-0.1, -0.05) is 0 Å². The number of anilines is 2. The number of nitrogen functional groups attached to an aromatic ring is 1. The van der Waals surface area contributed by atoms with E-state index < -0.39 is 0 Å². The molecule has 0 atom stereocenters. The Morgan fingerprint density at radius 1 is 1.14 bits per heavy atom. The van der Waals surface area contributed by atoms with Crippen LogP contribution in [0.1, 0.15) is 12.0 Å². The summed E-state index contributed by atoms with van der Waals surface area (Å²) in [5.74, 6) is -0.0187. The molecule has 0 saturated heterocycles. The Hall–Kier alpha value is -2.17. The predicted molar refractivity (Wildman–Crippen MR) is 84.2 cm³/mol. The number of amides is 1. The summed E-state index contributed by atoms with van der Waals surface area (Å²) in [4.78, 5) is 12.0. The van der Waals surface area contributed by atoms with E-state index in [1.807, 2.05) is 42.5 Å². The molecule has 0 saturated carbocycles. The number of nitrogens with two attached hydrogens (primary N) is 1. The maximum absolute atomic E-state index is 12.0. The fraction of sp³-hybridized carbons (Fsp3) is 0.133. The molecule has 21 heavy (non-hydrogen) atoms. The van der Waals surface area contributed by atoms with Crippen molar-refractivity contribution in [1.82, 2.24) is 0 Å². The summed E-state index contributed by atoms with van der Waals surface area (Å²) in [7, 11) is 0. The molecule has 2 aromatic rings. The van der Waals surface area contributed by atoms with E-state index in [1.165, 1.54) is 0 Å². The molecule has 3 N–H and O–H groups in total. The van der Waals surface area contributed by atoms with Crippen molar-refractivity contribution in [3.05, 3.63) is 48.0 Å². The Morgan fingerprint density at radius 2 is 1.95 bits per heavy atom. The van der Waals surface area contributed by atoms with E-state index in [2.05, 4.69) is 13.2 Å². The summed E-state index contributed by atoms with van der Waals surface area (Å²) in [6, 6.07) is 13.2. The van der Waals surface area contributed by atoms with Gasteiger partial charge in [-0.25, -0.2) is 0 Å². The molecule has 0 unspecified atom stereocenters. The number of hydrogen-bond acceptors (Lipinski definition) is 4. The molecule has 1 heterocycles. The Bertz CT molecular complexity index is 749. The third kappa shape index (κ3) is 3.29. The first-order valence-electron chi connectivity index (χ1n) is 6.58. The van der Waals surface area contributed by atoms with Gasteiger partial charge >= 0.3 is 128 Å². The van der Waals surface area contributed by atoms with Crippen LogP contribution in [0.15, 0.2) is 50.4 Å². The molecule has 0 radical (unpaired) electrons. The zero-order valence-electron chi connectivity index (χ0n) is 11.2. The van der Waals surface area contributed by atoms with E-state index in [4.69, 9.17) is 5.73 Å². The third-order valence-electron chi connectivity index (χ3n) is 3.18. The first-order valence-corrected chi connectivity index (χ1v) is 8.11. The maximum atomic E-state index is 12.0. The molecule has 0 aliphatic carbocycles. The fourth-order valence-corrected chi connectivity index (χ4v) is 3.22. The molecule has 0 spiro atoms. The van der Waals surface area contributed by atoms with E-state index >= 15 is 0 Å². The zero-order chi connectivity index (χ0) is 14.7. The summed E-state index contributed by atoms with van der Waals surface area (Å²) in [6.07, 6.45) is 1.11. The number of rotatable bonds is 4. The number of carbonyl (C=O) groups is 1. The van der Waals surface area contributed by atoms with Crippen molar-refractivity contribution in [3.8, 4) is 0 Å². The first kappa shape index (κ1) is 13.8. The van der Waals surface area contributed by atoms with Crippen molar-refractivity contribution in [2.24, 2.45) is 7.92 Å². The van der Waals surface area contributed by atoms with Crippen LogP contribution < -0.4 is 11.1 Å². The Balaban J connectivity index is 1.61. The number of benzene rings is 2. The predicted octanol–water partition coefficient (Wildman–Crippen LogP) is 3.19. The molecular weight excluding hydrogens is 331 g/mol. The van der Waals surface area contributed by atoms with Gasteiger partial charge in [-0.3, -0.25) is 0 Å². The molecule has 106 valence electrons. The molecule has 1 aliphatic heterocycles. The van der Waals surface area contributed by atoms with Gasteiger partial charge in [0.1, 0.15) is 0 Å². The summed E-state index contributed by atoms with van der Waals surface area (Å²) in [5.41, 5.74) is 9.89. The van der Waals surface area contributed by atoms with Crippen LogP contribution in [0, 0.1) is 0 Å². The molecule has 2 aromatic carbocycles. The summed E-state index contributed by atoms with van der Waals surface area (Å²) >= 11 is -0.0901. The number of aryl methyl sites for hydroxylation is 1. The van der Waals surface area contributed by atoms with Gasteiger partial charge in [0.2, 0.25) is 0 Å². The quantitative estimate of drug-likeness (QED) is 0.563. The van der Waals surface area contributed by atoms with Crippen LogP contribution in [0.2, 0.25) is 0 Å². The SMILES string of the molecule is Nc1ccc(CCC(=O)Nc2cccc3c2N=[Se]=N3)cc1. The summed E-state index contributed by atoms with van der Waals surface area (Å²) in [5, 5.41) is 2.92. The van der Waals surface area contributed by atoms with Crippen LogP contribution in [-0.4, -0.2) is 20.5 Å². The minimum absolute atomic E-state index is 0.0187. The van der Waals surface area contributed by atoms with Crippen molar-refractivity contribution in [2.75, 3.05) is 11.1 Å². The van der Waals surface area contributed by atoms with Crippen LogP contribution in [0.25, 0.3) is 0 Å². The molecule has 6 heteroatoms. The van der Waals surface area contributed by atoms with Crippen molar-refractivity contribution in [1.29, 1.82) is 0 Å². The number of nitrogens with one attached hydrogen (secondary N) is 1. The van der Waals surface area contributed by atoms with Crippen molar-refractivity contribution >= 4 is 43.2 Å². The van der Waals surface area contributed by atoms with Gasteiger partial charge in [0.25, 0.3) is 0 Å². The van der Waals surface area contributed by atoms with Gasteiger partial charge in [-0.2, -0.15) is 0 Å². The standard InChI is InChI=1S/C15H14N4OSe/c16-11-7-4-10(5-8-11)6-9-14(20)17-12-2-1-3-13-15(12)19-21-18-13/h1-5,7-8H,6,9,16H2,(H,17,20). The van der Waals surface area contributed by atoms with Crippen molar-refractivity contribution in [2.45, 2.75) is 12.8 Å². The van der Waals surface area contributed by atoms with Crippen molar-refractivity contribution < 1.29 is 4.79 Å². The number of carbonyl (C=O) groups excluding carboxylic acids is 1. The summed E-state index contributed by atoms with van der Waals surface area (Å²) in [6.45, 7) is 0. The van der Waals surface area contributed by atoms with Gasteiger partial charge in [-0.15, -0.1) is 0 Å². The number of fused-ring (bicyclic) bond motifs is 1. The van der Waals surface area contributed by atoms with Gasteiger partial charge in [0, 0.05) is 0 Å². The van der Waals surface area contributed by atoms with Crippen LogP contribution in [-0.2, 0) is 11.2 Å². The second kappa shape index (κ2) is 6.08. The third-order valence-corrected chi connectivity index (χ3v) is 4.32. The summed E-state index contributed by atoms with van der Waals surface area (Å²) < 4.78 is 8.65. The molecule has 5 nitrogen and oxygen atoms in total. The van der Waals surface area contributed by atoms with Crippen LogP contribution in [0.3, 0.4) is 0 Å². The molecular formula is C15H14N4OSe. The average molecular weight is 345 g/mol. The van der Waals surface area contributed by atoms with Crippen molar-refractivity contribution in [3.63, 3.8) is 0 Å². The molecule has 0 aromatic heterocycles. The van der Waals surface area contributed by atoms with Gasteiger partial charge in [0.15, 0.2) is 0 Å². The Labute approximate surface area is 128 Å². The van der Waals surface area contributed by atoms with E-state index in [1.54, 1.807) is 0 Å². The molecule has 3 rings (SSSR count). The number of nitrogens with zero attached hydrogens (tertiary/aromatic N) is 2. The Morgan fingerprint density at radius 3 is 2.76 bits per heavy atom. The molecule has 0 bridgehead atoms. The minimum atomic E-state index is -0.0901. The zero-order valence-corrected chi connectivity index (χ0v) is 13.0. The molecule has 1 amide bonds. The topological polar surface area (TPSA) is 79.8 Å². The Kier molecular flexibility index (Phi) is 3.99. The van der Waals surface area contributed by atoms with Crippen LogP contribution in [0.5, 0.6) is 0 Å². The second-order valence-corrected chi connectivity index (χ2v) is 5.84. The second-order valence-electron chi connectivity index (χ2n) is 4.73. The molecule has 0 fully saturated rings. The van der Waals surface area contributed by atoms with E-state index in [0.29, 0.717) is 12.8 Å². The molecule has 1 aliphatic rings. The van der Waals surface area contributed by atoms with E-state index in [9.17, 15) is 4.79 Å². The van der Waals surface area contributed by atoms with Crippen LogP contribution >= 0.6 is 0 Å². The van der Waals surface area contributed by atoms with Gasteiger partial charge in [-0.05, 0) is 0 Å². The van der Waals surface area contributed by atoms with E-state index in [-0.39, 0.29) is 20.5 Å².